The molecule has 1 unspecified atom stereocenters. The molecule has 0 amide bonds. The Labute approximate surface area is 151 Å². The maximum Gasteiger partial charge on any atom is 0.284 e. The van der Waals surface area contributed by atoms with Crippen LogP contribution < -0.4 is 5.32 Å². The van der Waals surface area contributed by atoms with E-state index < -0.39 is 5.76 Å². The second-order valence-electron chi connectivity index (χ2n) is 6.29. The van der Waals surface area contributed by atoms with Gasteiger partial charge < -0.3 is 14.6 Å². The highest BCUT2D eigenvalue weighted by molar-refractivity contribution is 7.98. The van der Waals surface area contributed by atoms with Crippen molar-refractivity contribution in [2.24, 2.45) is 0 Å². The summed E-state index contributed by atoms with van der Waals surface area (Å²) in [5.41, 5.74) is 1.26. The maximum atomic E-state index is 12.3. The van der Waals surface area contributed by atoms with E-state index in [0.29, 0.717) is 24.1 Å². The van der Waals surface area contributed by atoms with E-state index >= 15 is 0 Å². The van der Waals surface area contributed by atoms with E-state index in [1.54, 1.807) is 6.07 Å². The number of alkyl halides is 2. The Morgan fingerprint density at radius 1 is 1.04 bits per heavy atom. The molecular formula is C19H24F2N2OS. The molecule has 3 rings (SSSR count). The number of thioether (sulfide) groups is 1. The molecule has 2 heterocycles. The van der Waals surface area contributed by atoms with Gasteiger partial charge in [0.2, 0.25) is 0 Å². The summed E-state index contributed by atoms with van der Waals surface area (Å²) in [5, 5.41) is 3.57. The van der Waals surface area contributed by atoms with Gasteiger partial charge in [0.15, 0.2) is 0 Å². The fourth-order valence-electron chi connectivity index (χ4n) is 3.16. The molecule has 1 N–H and O–H groups in total. The molecule has 1 aromatic carbocycles. The average Bonchev–Trinajstić information content (AvgIpc) is 3.29. The normalized spacial score (nSPS) is 16.6. The molecule has 0 spiro atoms. The van der Waals surface area contributed by atoms with Crippen LogP contribution in [-0.2, 0) is 12.3 Å². The Balaban J connectivity index is 1.58. The number of nitrogens with one attached hydrogen (secondary N) is 1. The van der Waals surface area contributed by atoms with Gasteiger partial charge in [-0.15, -0.1) is 0 Å². The monoisotopic (exact) mass is 366 g/mol. The summed E-state index contributed by atoms with van der Waals surface area (Å²) in [7, 11) is 0. The quantitative estimate of drug-likeness (QED) is 0.699. The van der Waals surface area contributed by atoms with Gasteiger partial charge in [0.25, 0.3) is 5.76 Å². The minimum Gasteiger partial charge on any atom is -0.464 e. The van der Waals surface area contributed by atoms with Crippen LogP contribution in [0.3, 0.4) is 0 Å². The molecule has 1 aliphatic heterocycles. The van der Waals surface area contributed by atoms with Crippen LogP contribution in [0.2, 0.25) is 0 Å². The van der Waals surface area contributed by atoms with Crippen molar-refractivity contribution in [2.75, 3.05) is 19.6 Å². The summed E-state index contributed by atoms with van der Waals surface area (Å²) in [5.74, 6) is -0.784. The molecule has 0 saturated carbocycles. The molecule has 0 bridgehead atoms. The first-order valence-electron chi connectivity index (χ1n) is 8.69. The molecule has 0 aliphatic carbocycles. The van der Waals surface area contributed by atoms with Crippen molar-refractivity contribution in [1.82, 2.24) is 10.2 Å². The average molecular weight is 366 g/mol. The van der Waals surface area contributed by atoms with Crippen molar-refractivity contribution in [3.05, 3.63) is 59.5 Å². The number of hydrogen-bond acceptors (Lipinski definition) is 4. The molecule has 1 aromatic heterocycles. The number of hydrogen-bond donors (Lipinski definition) is 1. The van der Waals surface area contributed by atoms with Gasteiger partial charge in [0, 0.05) is 12.6 Å². The lowest BCUT2D eigenvalue weighted by Gasteiger charge is -2.24. The van der Waals surface area contributed by atoms with Gasteiger partial charge >= 0.3 is 0 Å². The summed E-state index contributed by atoms with van der Waals surface area (Å²) < 4.78 is 30.2. The summed E-state index contributed by atoms with van der Waals surface area (Å²) >= 11 is 0.586. The lowest BCUT2D eigenvalue weighted by Crippen LogP contribution is -2.33. The molecule has 2 aromatic rings. The second-order valence-corrected chi connectivity index (χ2v) is 7.27. The van der Waals surface area contributed by atoms with Crippen molar-refractivity contribution in [2.45, 2.75) is 36.9 Å². The van der Waals surface area contributed by atoms with E-state index in [2.05, 4.69) is 34.5 Å². The van der Waals surface area contributed by atoms with Crippen molar-refractivity contribution in [3.63, 3.8) is 0 Å². The highest BCUT2D eigenvalue weighted by Gasteiger charge is 2.19. The Kier molecular flexibility index (Phi) is 6.90. The first-order valence-corrected chi connectivity index (χ1v) is 9.73. The Morgan fingerprint density at radius 2 is 1.76 bits per heavy atom. The molecule has 1 aliphatic rings. The Morgan fingerprint density at radius 3 is 2.48 bits per heavy atom. The minimum atomic E-state index is -2.37. The number of nitrogens with zero attached hydrogens (tertiary/aromatic N) is 1. The van der Waals surface area contributed by atoms with Crippen molar-refractivity contribution in [3.8, 4) is 0 Å². The fourth-order valence-corrected chi connectivity index (χ4v) is 3.61. The fraction of sp³-hybridized carbons (Fsp3) is 0.474. The minimum absolute atomic E-state index is 0.202. The van der Waals surface area contributed by atoms with Gasteiger partial charge in [-0.25, -0.2) is 0 Å². The van der Waals surface area contributed by atoms with E-state index in [1.807, 2.05) is 12.1 Å². The van der Waals surface area contributed by atoms with Crippen LogP contribution in [0, 0.1) is 0 Å². The van der Waals surface area contributed by atoms with Crippen LogP contribution in [0.15, 0.2) is 46.9 Å². The lowest BCUT2D eigenvalue weighted by molar-refractivity contribution is 0.251. The van der Waals surface area contributed by atoms with Gasteiger partial charge in [-0.2, -0.15) is 8.78 Å². The zero-order valence-electron chi connectivity index (χ0n) is 14.2. The maximum absolute atomic E-state index is 12.3. The predicted octanol–water partition coefficient (Wildman–Crippen LogP) is 4.66. The number of benzene rings is 1. The van der Waals surface area contributed by atoms with E-state index in [4.69, 9.17) is 4.42 Å². The van der Waals surface area contributed by atoms with E-state index in [9.17, 15) is 8.78 Å². The SMILES string of the molecule is FC(F)SCc1ccc(CNC(CN2CCCC2)c2ccccc2)o1. The largest absolute Gasteiger partial charge is 0.464 e. The van der Waals surface area contributed by atoms with E-state index in [0.717, 1.165) is 25.4 Å². The molecule has 6 heteroatoms. The highest BCUT2D eigenvalue weighted by Crippen LogP contribution is 2.22. The first-order chi connectivity index (χ1) is 12.2. The molecule has 136 valence electrons. The molecule has 3 nitrogen and oxygen atoms in total. The predicted molar refractivity (Wildman–Crippen MR) is 97.7 cm³/mol. The lowest BCUT2D eigenvalue weighted by atomic mass is 10.1. The number of rotatable bonds is 9. The number of furan rings is 1. The van der Waals surface area contributed by atoms with Gasteiger partial charge in [-0.1, -0.05) is 42.1 Å². The zero-order valence-corrected chi connectivity index (χ0v) is 15.0. The molecule has 25 heavy (non-hydrogen) atoms. The van der Waals surface area contributed by atoms with Crippen LogP contribution in [0.1, 0.15) is 36.0 Å². The van der Waals surface area contributed by atoms with Crippen LogP contribution >= 0.6 is 11.8 Å². The third kappa shape index (κ3) is 5.83. The van der Waals surface area contributed by atoms with Crippen molar-refractivity contribution >= 4 is 11.8 Å². The molecule has 1 fully saturated rings. The van der Waals surface area contributed by atoms with E-state index in [-0.39, 0.29) is 11.8 Å². The summed E-state index contributed by atoms with van der Waals surface area (Å²) in [6.07, 6.45) is 2.54. The topological polar surface area (TPSA) is 28.4 Å². The van der Waals surface area contributed by atoms with Crippen molar-refractivity contribution in [1.29, 1.82) is 0 Å². The Bertz CT molecular complexity index is 629. The molecule has 1 atom stereocenters. The van der Waals surface area contributed by atoms with Gasteiger partial charge in [-0.3, -0.25) is 0 Å². The second kappa shape index (κ2) is 9.36. The summed E-state index contributed by atoms with van der Waals surface area (Å²) in [6, 6.07) is 14.3. The van der Waals surface area contributed by atoms with Crippen LogP contribution in [-0.4, -0.2) is 30.3 Å². The van der Waals surface area contributed by atoms with Gasteiger partial charge in [0.05, 0.1) is 12.3 Å². The van der Waals surface area contributed by atoms with Crippen LogP contribution in [0.5, 0.6) is 0 Å². The Hall–Kier alpha value is -1.37. The van der Waals surface area contributed by atoms with Crippen LogP contribution in [0.4, 0.5) is 8.78 Å². The number of likely N-dealkylation sites (tertiary alicyclic amines) is 1. The summed E-state index contributed by atoms with van der Waals surface area (Å²) in [6.45, 7) is 3.87. The smallest absolute Gasteiger partial charge is 0.284 e. The molecule has 0 radical (unpaired) electrons. The standard InChI is InChI=1S/C19H24F2N2OS/c20-19(21)25-14-17-9-8-16(24-17)12-22-18(13-23-10-4-5-11-23)15-6-2-1-3-7-15/h1-3,6-9,18-19,22H,4-5,10-14H2. The van der Waals surface area contributed by atoms with Crippen LogP contribution in [0.25, 0.3) is 0 Å². The van der Waals surface area contributed by atoms with Crippen molar-refractivity contribution < 1.29 is 13.2 Å². The number of halogens is 2. The third-order valence-electron chi connectivity index (χ3n) is 4.43. The van der Waals surface area contributed by atoms with E-state index in [1.165, 1.54) is 18.4 Å². The third-order valence-corrected chi connectivity index (χ3v) is 5.14. The highest BCUT2D eigenvalue weighted by atomic mass is 32.2. The summed E-state index contributed by atoms with van der Waals surface area (Å²) in [4.78, 5) is 2.48. The first kappa shape index (κ1) is 18.4. The molecular weight excluding hydrogens is 342 g/mol. The van der Waals surface area contributed by atoms with Gasteiger partial charge in [-0.05, 0) is 43.6 Å². The zero-order chi connectivity index (χ0) is 17.5. The van der Waals surface area contributed by atoms with Gasteiger partial charge in [0.1, 0.15) is 11.5 Å². The molecule has 1 saturated heterocycles.